The molecular formula is C13H18O. The molecule has 14 heavy (non-hydrogen) atoms. The Labute approximate surface area is 85.8 Å². The second-order valence-electron chi connectivity index (χ2n) is 4.57. The Hall–Kier alpha value is -0.820. The minimum Gasteiger partial charge on any atom is -0.388 e. The molecule has 2 atom stereocenters. The van der Waals surface area contributed by atoms with Crippen molar-refractivity contribution in [1.82, 2.24) is 0 Å². The smallest absolute Gasteiger partial charge is 0.0793 e. The Balaban J connectivity index is 2.41. The lowest BCUT2D eigenvalue weighted by molar-refractivity contribution is 0.145. The van der Waals surface area contributed by atoms with Gasteiger partial charge >= 0.3 is 0 Å². The van der Waals surface area contributed by atoms with E-state index in [1.54, 1.807) is 0 Å². The molecule has 1 N–H and O–H groups in total. The molecule has 2 unspecified atom stereocenters. The van der Waals surface area contributed by atoms with E-state index in [2.05, 4.69) is 32.0 Å². The average Bonchev–Trinajstić information content (AvgIpc) is 2.18. The van der Waals surface area contributed by atoms with Gasteiger partial charge in [-0.2, -0.15) is 0 Å². The molecule has 0 heterocycles. The monoisotopic (exact) mass is 190 g/mol. The fraction of sp³-hybridized carbons (Fsp3) is 0.538. The van der Waals surface area contributed by atoms with E-state index < -0.39 is 0 Å². The van der Waals surface area contributed by atoms with Gasteiger partial charge in [0, 0.05) is 0 Å². The standard InChI is InChI=1S/C13H18O/c1-9(2)10-7-8-13(14)12-6-4-3-5-11(10)12/h3-6,9-10,13-14H,7-8H2,1-2H3. The molecular weight excluding hydrogens is 172 g/mol. The van der Waals surface area contributed by atoms with Crippen LogP contribution in [0.4, 0.5) is 0 Å². The number of benzene rings is 1. The summed E-state index contributed by atoms with van der Waals surface area (Å²) in [5.74, 6) is 1.30. The topological polar surface area (TPSA) is 20.2 Å². The Morgan fingerprint density at radius 1 is 1.14 bits per heavy atom. The highest BCUT2D eigenvalue weighted by atomic mass is 16.3. The Bertz CT molecular complexity index is 317. The predicted molar refractivity (Wildman–Crippen MR) is 58.2 cm³/mol. The summed E-state index contributed by atoms with van der Waals surface area (Å²) in [6, 6.07) is 8.33. The van der Waals surface area contributed by atoms with Gasteiger partial charge in [0.15, 0.2) is 0 Å². The van der Waals surface area contributed by atoms with E-state index in [1.165, 1.54) is 5.56 Å². The van der Waals surface area contributed by atoms with E-state index in [-0.39, 0.29) is 6.10 Å². The van der Waals surface area contributed by atoms with Crippen LogP contribution in [0.5, 0.6) is 0 Å². The van der Waals surface area contributed by atoms with Crippen molar-refractivity contribution in [2.45, 2.75) is 38.7 Å². The van der Waals surface area contributed by atoms with Gasteiger partial charge in [-0.3, -0.25) is 0 Å². The molecule has 1 heteroatoms. The van der Waals surface area contributed by atoms with Crippen LogP contribution < -0.4 is 0 Å². The molecule has 0 bridgehead atoms. The zero-order chi connectivity index (χ0) is 10.1. The molecule has 1 aromatic rings. The maximum absolute atomic E-state index is 9.86. The number of rotatable bonds is 1. The molecule has 1 aromatic carbocycles. The Morgan fingerprint density at radius 2 is 1.79 bits per heavy atom. The SMILES string of the molecule is CC(C)C1CCC(O)c2ccccc21. The summed E-state index contributed by atoms with van der Waals surface area (Å²) in [4.78, 5) is 0. The van der Waals surface area contributed by atoms with Gasteiger partial charge in [0.1, 0.15) is 0 Å². The summed E-state index contributed by atoms with van der Waals surface area (Å²) in [6.45, 7) is 4.53. The zero-order valence-electron chi connectivity index (χ0n) is 8.90. The molecule has 0 saturated heterocycles. The highest BCUT2D eigenvalue weighted by Gasteiger charge is 2.26. The maximum Gasteiger partial charge on any atom is 0.0793 e. The van der Waals surface area contributed by atoms with Crippen LogP contribution in [0.15, 0.2) is 24.3 Å². The fourth-order valence-corrected chi connectivity index (χ4v) is 2.49. The highest BCUT2D eigenvalue weighted by molar-refractivity contribution is 5.34. The first-order valence-electron chi connectivity index (χ1n) is 5.47. The van der Waals surface area contributed by atoms with E-state index in [0.717, 1.165) is 18.4 Å². The van der Waals surface area contributed by atoms with Crippen LogP contribution in [0.1, 0.15) is 49.8 Å². The lowest BCUT2D eigenvalue weighted by atomic mass is 9.76. The molecule has 0 saturated carbocycles. The lowest BCUT2D eigenvalue weighted by Gasteiger charge is -2.31. The first-order valence-corrected chi connectivity index (χ1v) is 5.47. The number of aliphatic hydroxyl groups excluding tert-OH is 1. The molecule has 0 radical (unpaired) electrons. The number of fused-ring (bicyclic) bond motifs is 1. The van der Waals surface area contributed by atoms with Gasteiger partial charge in [-0.25, -0.2) is 0 Å². The highest BCUT2D eigenvalue weighted by Crippen LogP contribution is 2.40. The van der Waals surface area contributed by atoms with Gasteiger partial charge < -0.3 is 5.11 Å². The summed E-state index contributed by atoms with van der Waals surface area (Å²) in [7, 11) is 0. The Kier molecular flexibility index (Phi) is 2.60. The van der Waals surface area contributed by atoms with Crippen molar-refractivity contribution in [3.05, 3.63) is 35.4 Å². The minimum absolute atomic E-state index is 0.235. The zero-order valence-corrected chi connectivity index (χ0v) is 8.90. The van der Waals surface area contributed by atoms with Crippen molar-refractivity contribution in [1.29, 1.82) is 0 Å². The second-order valence-corrected chi connectivity index (χ2v) is 4.57. The van der Waals surface area contributed by atoms with E-state index in [4.69, 9.17) is 0 Å². The van der Waals surface area contributed by atoms with E-state index in [9.17, 15) is 5.11 Å². The summed E-state index contributed by atoms with van der Waals surface area (Å²) in [5.41, 5.74) is 2.51. The summed E-state index contributed by atoms with van der Waals surface area (Å²) in [6.07, 6.45) is 1.80. The molecule has 1 aliphatic carbocycles. The van der Waals surface area contributed by atoms with Crippen LogP contribution >= 0.6 is 0 Å². The first-order chi connectivity index (χ1) is 6.70. The maximum atomic E-state index is 9.86. The van der Waals surface area contributed by atoms with Gasteiger partial charge in [-0.05, 0) is 35.8 Å². The van der Waals surface area contributed by atoms with Crippen molar-refractivity contribution in [3.8, 4) is 0 Å². The van der Waals surface area contributed by atoms with Crippen LogP contribution in [-0.4, -0.2) is 5.11 Å². The molecule has 1 nitrogen and oxygen atoms in total. The van der Waals surface area contributed by atoms with E-state index in [1.807, 2.05) is 6.07 Å². The molecule has 76 valence electrons. The predicted octanol–water partition coefficient (Wildman–Crippen LogP) is 3.25. The average molecular weight is 190 g/mol. The van der Waals surface area contributed by atoms with Crippen LogP contribution in [0, 0.1) is 5.92 Å². The molecule has 0 spiro atoms. The van der Waals surface area contributed by atoms with Crippen molar-refractivity contribution in [2.75, 3.05) is 0 Å². The van der Waals surface area contributed by atoms with Gasteiger partial charge in [0.05, 0.1) is 6.10 Å². The second kappa shape index (κ2) is 3.74. The van der Waals surface area contributed by atoms with Crippen LogP contribution in [-0.2, 0) is 0 Å². The Morgan fingerprint density at radius 3 is 2.43 bits per heavy atom. The van der Waals surface area contributed by atoms with Crippen molar-refractivity contribution >= 4 is 0 Å². The van der Waals surface area contributed by atoms with Crippen LogP contribution in [0.2, 0.25) is 0 Å². The number of hydrogen-bond donors (Lipinski definition) is 1. The van der Waals surface area contributed by atoms with Crippen LogP contribution in [0.3, 0.4) is 0 Å². The van der Waals surface area contributed by atoms with Gasteiger partial charge in [0.2, 0.25) is 0 Å². The quantitative estimate of drug-likeness (QED) is 0.720. The van der Waals surface area contributed by atoms with Crippen LogP contribution in [0.25, 0.3) is 0 Å². The first kappa shape index (κ1) is 9.72. The molecule has 2 rings (SSSR count). The third-order valence-electron chi connectivity index (χ3n) is 3.31. The minimum atomic E-state index is -0.235. The fourth-order valence-electron chi connectivity index (χ4n) is 2.49. The van der Waals surface area contributed by atoms with Gasteiger partial charge in [-0.1, -0.05) is 38.1 Å². The summed E-state index contributed by atoms with van der Waals surface area (Å²) in [5, 5.41) is 9.86. The molecule has 1 aliphatic rings. The lowest BCUT2D eigenvalue weighted by Crippen LogP contribution is -2.17. The summed E-state index contributed by atoms with van der Waals surface area (Å²) >= 11 is 0. The van der Waals surface area contributed by atoms with Crippen molar-refractivity contribution in [2.24, 2.45) is 5.92 Å². The van der Waals surface area contributed by atoms with Gasteiger partial charge in [0.25, 0.3) is 0 Å². The van der Waals surface area contributed by atoms with Crippen molar-refractivity contribution < 1.29 is 5.11 Å². The third-order valence-corrected chi connectivity index (χ3v) is 3.31. The van der Waals surface area contributed by atoms with Crippen molar-refractivity contribution in [3.63, 3.8) is 0 Å². The normalized spacial score (nSPS) is 26.3. The van der Waals surface area contributed by atoms with E-state index in [0.29, 0.717) is 11.8 Å². The third kappa shape index (κ3) is 1.57. The largest absolute Gasteiger partial charge is 0.388 e. The molecule has 0 amide bonds. The molecule has 0 fully saturated rings. The number of hydrogen-bond acceptors (Lipinski definition) is 1. The molecule has 0 aromatic heterocycles. The molecule has 0 aliphatic heterocycles. The summed E-state index contributed by atoms with van der Waals surface area (Å²) < 4.78 is 0. The van der Waals surface area contributed by atoms with Gasteiger partial charge in [-0.15, -0.1) is 0 Å². The number of aliphatic hydroxyl groups is 1. The van der Waals surface area contributed by atoms with E-state index >= 15 is 0 Å².